The highest BCUT2D eigenvalue weighted by Crippen LogP contribution is 2.42. The van der Waals surface area contributed by atoms with E-state index in [0.717, 1.165) is 4.91 Å². The van der Waals surface area contributed by atoms with E-state index < -0.39 is 13.2 Å². The molecule has 0 unspecified atom stereocenters. The minimum absolute atomic E-state index is 0.0477. The first-order valence-corrected chi connectivity index (χ1v) is 13.3. The third kappa shape index (κ3) is 5.87. The molecule has 0 atom stereocenters. The van der Waals surface area contributed by atoms with E-state index in [0.29, 0.717) is 19.1 Å². The van der Waals surface area contributed by atoms with E-state index in [9.17, 15) is 10.1 Å². The summed E-state index contributed by atoms with van der Waals surface area (Å²) in [6.07, 6.45) is 5.29. The minimum atomic E-state index is -1.74. The fraction of sp³-hybridized carbons (Fsp3) is 0.471. The molecule has 26 heavy (non-hydrogen) atoms. The number of hydrogen-bond acceptors (Lipinski definition) is 7. The van der Waals surface area contributed by atoms with E-state index in [1.165, 1.54) is 23.2 Å². The topological polar surface area (TPSA) is 74.5 Å². The Kier molecular flexibility index (Phi) is 6.95. The monoisotopic (exact) mass is 412 g/mol. The number of ether oxygens (including phenoxy) is 1. The molecule has 1 aliphatic rings. The molecule has 6 nitrogen and oxygen atoms in total. The summed E-state index contributed by atoms with van der Waals surface area (Å²) in [5, 5.41) is 10.8. The van der Waals surface area contributed by atoms with Gasteiger partial charge < -0.3 is 9.16 Å². The summed E-state index contributed by atoms with van der Waals surface area (Å²) in [6, 6.07) is 2.89. The van der Waals surface area contributed by atoms with Crippen LogP contribution in [0.3, 0.4) is 0 Å². The van der Waals surface area contributed by atoms with Gasteiger partial charge in [0.2, 0.25) is 5.88 Å². The first-order chi connectivity index (χ1) is 12.1. The van der Waals surface area contributed by atoms with E-state index in [2.05, 4.69) is 44.9 Å². The van der Waals surface area contributed by atoms with Gasteiger partial charge in [0, 0.05) is 21.9 Å². The first kappa shape index (κ1) is 21.0. The van der Waals surface area contributed by atoms with Crippen LogP contribution in [0, 0.1) is 10.1 Å². The summed E-state index contributed by atoms with van der Waals surface area (Å²) >= 11 is 0. The number of aromatic nitrogens is 1. The lowest BCUT2D eigenvalue weighted by atomic mass is 10.2. The second-order valence-corrected chi connectivity index (χ2v) is 14.6. The zero-order valence-electron chi connectivity index (χ0n) is 15.6. The van der Waals surface area contributed by atoms with Gasteiger partial charge in [-0.2, -0.15) is 0 Å². The Balaban J connectivity index is 1.85. The molecule has 142 valence electrons. The fourth-order valence-corrected chi connectivity index (χ4v) is 4.67. The molecular formula is C17H24N2O4S2Si. The molecule has 0 saturated heterocycles. The van der Waals surface area contributed by atoms with Crippen molar-refractivity contribution in [2.45, 2.75) is 38.9 Å². The van der Waals surface area contributed by atoms with Crippen LogP contribution in [0.2, 0.25) is 18.1 Å². The van der Waals surface area contributed by atoms with Crippen LogP contribution in [0.15, 0.2) is 40.3 Å². The van der Waals surface area contributed by atoms with Crippen LogP contribution in [0.1, 0.15) is 20.8 Å². The lowest BCUT2D eigenvalue weighted by Gasteiger charge is -2.36. The smallest absolute Gasteiger partial charge is 0.287 e. The highest BCUT2D eigenvalue weighted by atomic mass is 33.1. The third-order valence-electron chi connectivity index (χ3n) is 4.39. The average molecular weight is 413 g/mol. The molecular weight excluding hydrogens is 388 g/mol. The highest BCUT2D eigenvalue weighted by Gasteiger charge is 2.37. The van der Waals surface area contributed by atoms with Gasteiger partial charge in [-0.1, -0.05) is 42.4 Å². The van der Waals surface area contributed by atoms with Crippen LogP contribution in [0.25, 0.3) is 0 Å². The second-order valence-electron chi connectivity index (χ2n) is 7.38. The van der Waals surface area contributed by atoms with Crippen molar-refractivity contribution >= 4 is 35.6 Å². The lowest BCUT2D eigenvalue weighted by molar-refractivity contribution is -0.385. The molecule has 0 amide bonds. The van der Waals surface area contributed by atoms with Crippen LogP contribution < -0.4 is 4.74 Å². The summed E-state index contributed by atoms with van der Waals surface area (Å²) in [4.78, 5) is 16.3. The summed E-state index contributed by atoms with van der Waals surface area (Å²) in [6.45, 7) is 12.2. The second kappa shape index (κ2) is 8.60. The van der Waals surface area contributed by atoms with E-state index >= 15 is 0 Å². The molecule has 2 heterocycles. The van der Waals surface area contributed by atoms with Gasteiger partial charge in [-0.25, -0.2) is 4.98 Å². The molecule has 0 aliphatic carbocycles. The van der Waals surface area contributed by atoms with Crippen molar-refractivity contribution in [2.75, 3.05) is 13.2 Å². The normalized spacial score (nSPS) is 15.3. The molecule has 1 aliphatic heterocycles. The lowest BCUT2D eigenvalue weighted by Crippen LogP contribution is -2.41. The average Bonchev–Trinajstić information content (AvgIpc) is 2.58. The van der Waals surface area contributed by atoms with E-state index in [1.54, 1.807) is 21.6 Å². The van der Waals surface area contributed by atoms with Crippen molar-refractivity contribution in [3.63, 3.8) is 0 Å². The molecule has 9 heteroatoms. The summed E-state index contributed by atoms with van der Waals surface area (Å²) in [5.41, 5.74) is -0.0477. The Morgan fingerprint density at radius 1 is 1.15 bits per heavy atom. The molecule has 0 radical (unpaired) electrons. The predicted octanol–water partition coefficient (Wildman–Crippen LogP) is 5.55. The van der Waals surface area contributed by atoms with Crippen molar-refractivity contribution < 1.29 is 14.1 Å². The first-order valence-electron chi connectivity index (χ1n) is 8.20. The fourth-order valence-electron chi connectivity index (χ4n) is 1.67. The van der Waals surface area contributed by atoms with E-state index in [1.807, 2.05) is 6.08 Å². The highest BCUT2D eigenvalue weighted by molar-refractivity contribution is 8.79. The molecule has 2 rings (SSSR count). The zero-order valence-corrected chi connectivity index (χ0v) is 18.3. The van der Waals surface area contributed by atoms with Crippen molar-refractivity contribution in [3.05, 3.63) is 50.4 Å². The number of nitro groups is 1. The molecule has 0 N–H and O–H groups in total. The predicted molar refractivity (Wildman–Crippen MR) is 111 cm³/mol. The van der Waals surface area contributed by atoms with Crippen LogP contribution in [0.5, 0.6) is 5.88 Å². The van der Waals surface area contributed by atoms with Gasteiger partial charge in [-0.05, 0) is 30.3 Å². The summed E-state index contributed by atoms with van der Waals surface area (Å²) < 4.78 is 11.8. The van der Waals surface area contributed by atoms with Crippen molar-refractivity contribution in [2.24, 2.45) is 0 Å². The number of rotatable bonds is 7. The minimum Gasteiger partial charge on any atom is -0.472 e. The van der Waals surface area contributed by atoms with Crippen LogP contribution in [0.4, 0.5) is 5.69 Å². The van der Waals surface area contributed by atoms with E-state index in [-0.39, 0.29) is 10.7 Å². The molecule has 0 aromatic carbocycles. The Morgan fingerprint density at radius 2 is 1.77 bits per heavy atom. The van der Waals surface area contributed by atoms with Crippen LogP contribution in [-0.2, 0) is 4.43 Å². The van der Waals surface area contributed by atoms with E-state index in [4.69, 9.17) is 9.16 Å². The van der Waals surface area contributed by atoms with Crippen molar-refractivity contribution in [1.29, 1.82) is 0 Å². The van der Waals surface area contributed by atoms with Crippen LogP contribution in [-0.4, -0.2) is 31.4 Å². The Labute approximate surface area is 163 Å². The maximum atomic E-state index is 10.6. The molecule has 0 saturated carbocycles. The van der Waals surface area contributed by atoms with Gasteiger partial charge in [0.25, 0.3) is 5.69 Å². The Morgan fingerprint density at radius 3 is 2.23 bits per heavy atom. The largest absolute Gasteiger partial charge is 0.472 e. The molecule has 1 aromatic rings. The quantitative estimate of drug-likeness (QED) is 0.251. The maximum Gasteiger partial charge on any atom is 0.287 e. The van der Waals surface area contributed by atoms with Gasteiger partial charge in [0.15, 0.2) is 8.32 Å². The van der Waals surface area contributed by atoms with Crippen molar-refractivity contribution in [3.8, 4) is 5.88 Å². The molecule has 0 spiro atoms. The number of nitrogens with zero attached hydrogens (tertiary/aromatic N) is 2. The van der Waals surface area contributed by atoms with Gasteiger partial charge >= 0.3 is 0 Å². The standard InChI is InChI=1S/C17H24N2O4S2Si/c1-17(2,3)26(4,5)23-12-15-8-7-14(24-25-15)11-22-16-9-6-13(10-18-16)19(20)21/h6-10H,11-12H2,1-5H3. The maximum absolute atomic E-state index is 10.6. The Bertz CT molecular complexity index is 712. The zero-order chi connectivity index (χ0) is 19.4. The van der Waals surface area contributed by atoms with Gasteiger partial charge in [-0.3, -0.25) is 10.1 Å². The third-order valence-corrected chi connectivity index (χ3v) is 11.4. The van der Waals surface area contributed by atoms with Crippen LogP contribution >= 0.6 is 21.6 Å². The van der Waals surface area contributed by atoms with Gasteiger partial charge in [0.05, 0.1) is 11.5 Å². The van der Waals surface area contributed by atoms with Gasteiger partial charge in [0.1, 0.15) is 12.8 Å². The van der Waals surface area contributed by atoms with Crippen molar-refractivity contribution in [1.82, 2.24) is 4.98 Å². The number of allylic oxidation sites excluding steroid dienone is 2. The number of hydrogen-bond donors (Lipinski definition) is 0. The molecule has 0 bridgehead atoms. The summed E-state index contributed by atoms with van der Waals surface area (Å²) in [5.74, 6) is 0.373. The molecule has 0 fully saturated rings. The summed E-state index contributed by atoms with van der Waals surface area (Å²) in [7, 11) is 1.58. The number of pyridine rings is 1. The SMILES string of the molecule is CC(C)(C)[Si](C)(C)OCC1=CC=C(COc2ccc([N+](=O)[O-])cn2)SS1. The van der Waals surface area contributed by atoms with Gasteiger partial charge in [-0.15, -0.1) is 0 Å². The Hall–Kier alpha value is -1.29. The molecule has 1 aromatic heterocycles.